The van der Waals surface area contributed by atoms with E-state index in [0.717, 1.165) is 68.4 Å². The van der Waals surface area contributed by atoms with Gasteiger partial charge in [-0.05, 0) is 69.0 Å². The van der Waals surface area contributed by atoms with Gasteiger partial charge < -0.3 is 29.5 Å². The number of piperidine rings is 1. The highest BCUT2D eigenvalue weighted by atomic mass is 35.5. The molecule has 0 radical (unpaired) electrons. The summed E-state index contributed by atoms with van der Waals surface area (Å²) in [5, 5.41) is 11.6. The van der Waals surface area contributed by atoms with Crippen LogP contribution in [0.4, 0.5) is 4.39 Å². The number of hydrogen-bond donors (Lipinski definition) is 1. The second-order valence-electron chi connectivity index (χ2n) is 9.77. The number of para-hydroxylation sites is 1. The zero-order valence-electron chi connectivity index (χ0n) is 21.4. The van der Waals surface area contributed by atoms with Gasteiger partial charge >= 0.3 is 0 Å². The molecule has 3 N–H and O–H groups in total. The van der Waals surface area contributed by atoms with Crippen molar-refractivity contribution >= 4 is 35.4 Å². The van der Waals surface area contributed by atoms with Crippen molar-refractivity contribution < 1.29 is 28.9 Å². The average molecular weight is 547 g/mol. The number of amides is 1. The zero-order valence-corrected chi connectivity index (χ0v) is 22.2. The molecule has 0 aliphatic carbocycles. The summed E-state index contributed by atoms with van der Waals surface area (Å²) in [5.41, 5.74) is 2.56. The SMILES string of the molecule is Cl.O.O=C(C=Cc1ccccc1OCC(O)CN1CCC(c2coc3cc(F)ccc23)CC1)N1CCCC1. The van der Waals surface area contributed by atoms with Gasteiger partial charge in [0.15, 0.2) is 0 Å². The van der Waals surface area contributed by atoms with E-state index in [2.05, 4.69) is 4.90 Å². The number of ether oxygens (including phenoxy) is 1. The Bertz CT molecular complexity index is 1220. The quantitative estimate of drug-likeness (QED) is 0.422. The second-order valence-corrected chi connectivity index (χ2v) is 9.77. The molecule has 2 aliphatic rings. The Morgan fingerprint density at radius 1 is 1.13 bits per heavy atom. The van der Waals surface area contributed by atoms with Crippen LogP contribution in [-0.2, 0) is 4.79 Å². The van der Waals surface area contributed by atoms with Crippen molar-refractivity contribution in [2.45, 2.75) is 37.7 Å². The number of furan rings is 1. The lowest BCUT2D eigenvalue weighted by Gasteiger charge is -2.33. The molecule has 7 nitrogen and oxygen atoms in total. The number of carbonyl (C=O) groups is 1. The van der Waals surface area contributed by atoms with Gasteiger partial charge in [-0.15, -0.1) is 12.4 Å². The van der Waals surface area contributed by atoms with Gasteiger partial charge in [0.2, 0.25) is 5.91 Å². The van der Waals surface area contributed by atoms with Gasteiger partial charge in [0.25, 0.3) is 0 Å². The molecule has 2 saturated heterocycles. The number of nitrogens with zero attached hydrogens (tertiary/aromatic N) is 2. The van der Waals surface area contributed by atoms with Crippen LogP contribution in [0.2, 0.25) is 0 Å². The van der Waals surface area contributed by atoms with Gasteiger partial charge in [0.05, 0.1) is 6.26 Å². The highest BCUT2D eigenvalue weighted by Crippen LogP contribution is 2.34. The maximum absolute atomic E-state index is 13.5. The van der Waals surface area contributed by atoms with E-state index in [0.29, 0.717) is 23.8 Å². The highest BCUT2D eigenvalue weighted by Gasteiger charge is 2.25. The largest absolute Gasteiger partial charge is 0.490 e. The van der Waals surface area contributed by atoms with Crippen LogP contribution in [0, 0.1) is 5.82 Å². The fourth-order valence-electron chi connectivity index (χ4n) is 5.26. The van der Waals surface area contributed by atoms with Gasteiger partial charge in [-0.25, -0.2) is 4.39 Å². The Labute approximate surface area is 228 Å². The smallest absolute Gasteiger partial charge is 0.246 e. The normalized spacial score (nSPS) is 17.4. The summed E-state index contributed by atoms with van der Waals surface area (Å²) in [6, 6.07) is 12.3. The maximum Gasteiger partial charge on any atom is 0.246 e. The van der Waals surface area contributed by atoms with Gasteiger partial charge in [-0.1, -0.05) is 18.2 Å². The summed E-state index contributed by atoms with van der Waals surface area (Å²) in [7, 11) is 0. The van der Waals surface area contributed by atoms with Crippen LogP contribution in [0.3, 0.4) is 0 Å². The van der Waals surface area contributed by atoms with Crippen LogP contribution in [0.15, 0.2) is 59.2 Å². The molecule has 0 saturated carbocycles. The number of β-amino-alcohol motifs (C(OH)–C–C–N with tert-alkyl or cyclic N) is 1. The van der Waals surface area contributed by atoms with Crippen molar-refractivity contribution in [1.29, 1.82) is 0 Å². The lowest BCUT2D eigenvalue weighted by molar-refractivity contribution is -0.124. The van der Waals surface area contributed by atoms with Gasteiger partial charge in [0.1, 0.15) is 29.9 Å². The Hall–Kier alpha value is -2.91. The van der Waals surface area contributed by atoms with E-state index in [1.54, 1.807) is 24.5 Å². The van der Waals surface area contributed by atoms with Crippen LogP contribution in [0.5, 0.6) is 5.75 Å². The van der Waals surface area contributed by atoms with Crippen LogP contribution < -0.4 is 4.74 Å². The summed E-state index contributed by atoms with van der Waals surface area (Å²) in [6.07, 6.45) is 8.58. The molecule has 0 spiro atoms. The van der Waals surface area contributed by atoms with E-state index >= 15 is 0 Å². The molecule has 1 amide bonds. The predicted molar refractivity (Wildman–Crippen MR) is 148 cm³/mol. The molecule has 0 bridgehead atoms. The Morgan fingerprint density at radius 2 is 1.87 bits per heavy atom. The monoisotopic (exact) mass is 546 g/mol. The molecule has 2 fully saturated rings. The molecule has 3 aromatic rings. The van der Waals surface area contributed by atoms with Crippen LogP contribution >= 0.6 is 12.4 Å². The number of rotatable bonds is 8. The topological polar surface area (TPSA) is 97.6 Å². The highest BCUT2D eigenvalue weighted by molar-refractivity contribution is 5.92. The molecule has 2 aliphatic heterocycles. The summed E-state index contributed by atoms with van der Waals surface area (Å²) >= 11 is 0. The van der Waals surface area contributed by atoms with E-state index in [-0.39, 0.29) is 36.2 Å². The Kier molecular flexibility index (Phi) is 10.7. The summed E-state index contributed by atoms with van der Waals surface area (Å²) in [5.74, 6) is 0.761. The number of fused-ring (bicyclic) bond motifs is 1. The minimum Gasteiger partial charge on any atom is -0.490 e. The first-order chi connectivity index (χ1) is 17.6. The average Bonchev–Trinajstić information content (AvgIpc) is 3.57. The van der Waals surface area contributed by atoms with Crippen LogP contribution in [0.1, 0.15) is 42.7 Å². The molecular weight excluding hydrogens is 511 g/mol. The third kappa shape index (κ3) is 7.14. The van der Waals surface area contributed by atoms with E-state index in [4.69, 9.17) is 9.15 Å². The molecular formula is C29H36ClFN2O5. The number of likely N-dealkylation sites (tertiary alicyclic amines) is 2. The standard InChI is InChI=1S/C29H33FN2O4.ClH.H2O/c30-23-8-9-25-26(20-36-28(25)17-23)21-11-15-31(16-12-21)18-24(33)19-35-27-6-2-1-5-22(27)7-10-29(34)32-13-3-4-14-32;;/h1-2,5-10,17,20-21,24,33H,3-4,11-16,18-19H2;1H;1H2. The zero-order chi connectivity index (χ0) is 24.9. The first kappa shape index (κ1) is 29.6. The number of benzene rings is 2. The summed E-state index contributed by atoms with van der Waals surface area (Å²) in [6.45, 7) is 4.10. The van der Waals surface area contributed by atoms with Crippen molar-refractivity contribution in [2.24, 2.45) is 0 Å². The minimum atomic E-state index is -0.623. The van der Waals surface area contributed by atoms with Crippen molar-refractivity contribution in [3.63, 3.8) is 0 Å². The van der Waals surface area contributed by atoms with Crippen LogP contribution in [-0.4, -0.2) is 71.7 Å². The molecule has 1 aromatic heterocycles. The van der Waals surface area contributed by atoms with E-state index in [1.807, 2.05) is 29.2 Å². The number of aliphatic hydroxyl groups is 1. The lowest BCUT2D eigenvalue weighted by Crippen LogP contribution is -2.40. The van der Waals surface area contributed by atoms with Crippen molar-refractivity contribution in [1.82, 2.24) is 9.80 Å². The fourth-order valence-corrected chi connectivity index (χ4v) is 5.26. The van der Waals surface area contributed by atoms with E-state index < -0.39 is 6.10 Å². The maximum atomic E-state index is 13.5. The Balaban J connectivity index is 0.00000200. The summed E-state index contributed by atoms with van der Waals surface area (Å²) < 4.78 is 25.0. The Morgan fingerprint density at radius 3 is 2.63 bits per heavy atom. The molecule has 1 unspecified atom stereocenters. The second kappa shape index (κ2) is 13.8. The fraction of sp³-hybridized carbons (Fsp3) is 0.414. The molecule has 2 aromatic carbocycles. The van der Waals surface area contributed by atoms with Crippen LogP contribution in [0.25, 0.3) is 17.0 Å². The first-order valence-electron chi connectivity index (χ1n) is 12.8. The predicted octanol–water partition coefficient (Wildman–Crippen LogP) is 4.42. The number of hydrogen-bond acceptors (Lipinski definition) is 5. The van der Waals surface area contributed by atoms with Gasteiger partial charge in [-0.2, -0.15) is 0 Å². The first-order valence-corrected chi connectivity index (χ1v) is 12.8. The molecule has 206 valence electrons. The van der Waals surface area contributed by atoms with Gasteiger partial charge in [0, 0.05) is 48.3 Å². The number of carbonyl (C=O) groups excluding carboxylic acids is 1. The third-order valence-corrected chi connectivity index (χ3v) is 7.24. The summed E-state index contributed by atoms with van der Waals surface area (Å²) in [4.78, 5) is 16.4. The molecule has 3 heterocycles. The molecule has 38 heavy (non-hydrogen) atoms. The number of aliphatic hydroxyl groups excluding tert-OH is 1. The van der Waals surface area contributed by atoms with E-state index in [9.17, 15) is 14.3 Å². The van der Waals surface area contributed by atoms with Crippen molar-refractivity contribution in [2.75, 3.05) is 39.3 Å². The third-order valence-electron chi connectivity index (χ3n) is 7.24. The molecule has 9 heteroatoms. The van der Waals surface area contributed by atoms with Crippen molar-refractivity contribution in [3.05, 3.63) is 71.7 Å². The van der Waals surface area contributed by atoms with E-state index in [1.165, 1.54) is 12.1 Å². The van der Waals surface area contributed by atoms with Crippen molar-refractivity contribution in [3.8, 4) is 5.75 Å². The lowest BCUT2D eigenvalue weighted by atomic mass is 9.89. The minimum absolute atomic E-state index is 0. The van der Waals surface area contributed by atoms with Gasteiger partial charge in [-0.3, -0.25) is 4.79 Å². The molecule has 1 atom stereocenters. The molecule has 5 rings (SSSR count). The number of halogens is 2.